The first-order valence-corrected chi connectivity index (χ1v) is 7.00. The van der Waals surface area contributed by atoms with Crippen molar-refractivity contribution in [2.24, 2.45) is 0 Å². The Kier molecular flexibility index (Phi) is 4.40. The predicted octanol–water partition coefficient (Wildman–Crippen LogP) is 2.51. The minimum atomic E-state index is 0.110. The predicted molar refractivity (Wildman–Crippen MR) is 72.5 cm³/mol. The van der Waals surface area contributed by atoms with E-state index in [0.29, 0.717) is 6.04 Å². The summed E-state index contributed by atoms with van der Waals surface area (Å²) in [7, 11) is 0. The van der Waals surface area contributed by atoms with Crippen LogP contribution < -0.4 is 5.32 Å². The third-order valence-corrected chi connectivity index (χ3v) is 3.84. The molecular formula is C14H25N3O. The number of ether oxygens (including phenoxy) is 1. The second-order valence-corrected chi connectivity index (χ2v) is 5.61. The number of nitrogens with zero attached hydrogens (tertiary/aromatic N) is 2. The van der Waals surface area contributed by atoms with Crippen molar-refractivity contribution in [3.8, 4) is 0 Å². The number of rotatable bonds is 5. The van der Waals surface area contributed by atoms with Gasteiger partial charge in [0.05, 0.1) is 12.3 Å². The molecule has 0 spiro atoms. The highest BCUT2D eigenvalue weighted by atomic mass is 16.5. The fourth-order valence-corrected chi connectivity index (χ4v) is 2.28. The second kappa shape index (κ2) is 5.85. The van der Waals surface area contributed by atoms with Gasteiger partial charge in [-0.2, -0.15) is 5.10 Å². The summed E-state index contributed by atoms with van der Waals surface area (Å²) in [5.41, 5.74) is 1.22. The van der Waals surface area contributed by atoms with E-state index >= 15 is 0 Å². The van der Waals surface area contributed by atoms with Crippen LogP contribution in [-0.4, -0.2) is 28.5 Å². The van der Waals surface area contributed by atoms with Gasteiger partial charge in [0.25, 0.3) is 0 Å². The zero-order valence-electron chi connectivity index (χ0n) is 11.8. The second-order valence-electron chi connectivity index (χ2n) is 5.61. The Morgan fingerprint density at radius 1 is 1.61 bits per heavy atom. The van der Waals surface area contributed by atoms with E-state index in [0.717, 1.165) is 38.3 Å². The Morgan fingerprint density at radius 3 is 3.11 bits per heavy atom. The van der Waals surface area contributed by atoms with Crippen molar-refractivity contribution in [3.63, 3.8) is 0 Å². The summed E-state index contributed by atoms with van der Waals surface area (Å²) >= 11 is 0. The molecule has 4 nitrogen and oxygen atoms in total. The molecule has 0 bridgehead atoms. The fraction of sp³-hybridized carbons (Fsp3) is 0.786. The third-order valence-electron chi connectivity index (χ3n) is 3.84. The molecule has 4 heteroatoms. The van der Waals surface area contributed by atoms with Crippen LogP contribution in [0.4, 0.5) is 0 Å². The maximum Gasteiger partial charge on any atom is 0.0762 e. The van der Waals surface area contributed by atoms with E-state index in [1.165, 1.54) is 6.42 Å². The molecule has 0 saturated carbocycles. The Hall–Kier alpha value is -0.870. The van der Waals surface area contributed by atoms with E-state index in [9.17, 15) is 0 Å². The van der Waals surface area contributed by atoms with Crippen molar-refractivity contribution in [2.75, 3.05) is 13.2 Å². The topological polar surface area (TPSA) is 39.1 Å². The number of aromatic nitrogens is 2. The van der Waals surface area contributed by atoms with Crippen LogP contribution in [0.3, 0.4) is 0 Å². The number of hydrogen-bond donors (Lipinski definition) is 1. The molecule has 0 amide bonds. The van der Waals surface area contributed by atoms with E-state index < -0.39 is 0 Å². The van der Waals surface area contributed by atoms with Crippen LogP contribution in [0.2, 0.25) is 0 Å². The standard InChI is InChI=1S/C14H25N3O/c1-4-12(2)17-8-6-13(16-17)10-15-14(3)7-5-9-18-11-14/h6,8,12,15H,4-5,7,9-11H2,1-3H3. The van der Waals surface area contributed by atoms with Gasteiger partial charge < -0.3 is 10.1 Å². The zero-order chi connectivity index (χ0) is 13.0. The van der Waals surface area contributed by atoms with Crippen molar-refractivity contribution in [2.45, 2.75) is 58.2 Å². The van der Waals surface area contributed by atoms with Crippen LogP contribution in [-0.2, 0) is 11.3 Å². The molecule has 2 atom stereocenters. The molecular weight excluding hydrogens is 226 g/mol. The highest BCUT2D eigenvalue weighted by Crippen LogP contribution is 2.19. The van der Waals surface area contributed by atoms with Gasteiger partial charge in [0, 0.05) is 30.9 Å². The lowest BCUT2D eigenvalue weighted by molar-refractivity contribution is 0.0276. The van der Waals surface area contributed by atoms with Gasteiger partial charge in [-0.15, -0.1) is 0 Å². The SMILES string of the molecule is CCC(C)n1ccc(CNC2(C)CCCOC2)n1. The lowest BCUT2D eigenvalue weighted by atomic mass is 9.95. The van der Waals surface area contributed by atoms with Crippen LogP contribution in [0.25, 0.3) is 0 Å². The molecule has 0 aliphatic carbocycles. The van der Waals surface area contributed by atoms with Gasteiger partial charge >= 0.3 is 0 Å². The van der Waals surface area contributed by atoms with Crippen LogP contribution in [0.5, 0.6) is 0 Å². The summed E-state index contributed by atoms with van der Waals surface area (Å²) in [6.07, 6.45) is 5.51. The maximum atomic E-state index is 5.55. The summed E-state index contributed by atoms with van der Waals surface area (Å²) in [5, 5.41) is 8.19. The van der Waals surface area contributed by atoms with Gasteiger partial charge in [-0.1, -0.05) is 6.92 Å². The van der Waals surface area contributed by atoms with Gasteiger partial charge in [-0.3, -0.25) is 4.68 Å². The summed E-state index contributed by atoms with van der Waals surface area (Å²) in [4.78, 5) is 0. The van der Waals surface area contributed by atoms with Gasteiger partial charge in [-0.05, 0) is 39.2 Å². The molecule has 1 aromatic heterocycles. The number of hydrogen-bond acceptors (Lipinski definition) is 3. The summed E-state index contributed by atoms with van der Waals surface area (Å²) in [5.74, 6) is 0. The molecule has 1 aromatic rings. The quantitative estimate of drug-likeness (QED) is 0.874. The smallest absolute Gasteiger partial charge is 0.0762 e. The van der Waals surface area contributed by atoms with Crippen LogP contribution in [0.15, 0.2) is 12.3 Å². The van der Waals surface area contributed by atoms with Crippen molar-refractivity contribution >= 4 is 0 Å². The molecule has 0 aromatic carbocycles. The summed E-state index contributed by atoms with van der Waals surface area (Å²) in [6.45, 7) is 9.14. The van der Waals surface area contributed by atoms with Gasteiger partial charge in [-0.25, -0.2) is 0 Å². The lowest BCUT2D eigenvalue weighted by Gasteiger charge is -2.34. The highest BCUT2D eigenvalue weighted by Gasteiger charge is 2.26. The van der Waals surface area contributed by atoms with E-state index in [2.05, 4.69) is 48.1 Å². The summed E-state index contributed by atoms with van der Waals surface area (Å²) < 4.78 is 7.60. The van der Waals surface area contributed by atoms with Crippen molar-refractivity contribution in [1.29, 1.82) is 0 Å². The normalized spacial score (nSPS) is 26.2. The largest absolute Gasteiger partial charge is 0.380 e. The molecule has 2 heterocycles. The molecule has 1 N–H and O–H groups in total. The molecule has 2 rings (SSSR count). The van der Waals surface area contributed by atoms with Crippen molar-refractivity contribution < 1.29 is 4.74 Å². The molecule has 102 valence electrons. The minimum absolute atomic E-state index is 0.110. The maximum absolute atomic E-state index is 5.55. The molecule has 1 fully saturated rings. The van der Waals surface area contributed by atoms with Crippen molar-refractivity contribution in [3.05, 3.63) is 18.0 Å². The Balaban J connectivity index is 1.87. The molecule has 0 radical (unpaired) electrons. The van der Waals surface area contributed by atoms with E-state index in [1.807, 2.05) is 0 Å². The highest BCUT2D eigenvalue weighted by molar-refractivity contribution is 5.01. The Morgan fingerprint density at radius 2 is 2.44 bits per heavy atom. The first-order valence-electron chi connectivity index (χ1n) is 7.00. The number of nitrogens with one attached hydrogen (secondary N) is 1. The average molecular weight is 251 g/mol. The Labute approximate surface area is 110 Å². The zero-order valence-corrected chi connectivity index (χ0v) is 11.8. The molecule has 1 aliphatic rings. The lowest BCUT2D eigenvalue weighted by Crippen LogP contribution is -2.48. The molecule has 18 heavy (non-hydrogen) atoms. The van der Waals surface area contributed by atoms with Gasteiger partial charge in [0.2, 0.25) is 0 Å². The monoisotopic (exact) mass is 251 g/mol. The molecule has 2 unspecified atom stereocenters. The van der Waals surface area contributed by atoms with E-state index in [-0.39, 0.29) is 5.54 Å². The van der Waals surface area contributed by atoms with Gasteiger partial charge in [0.1, 0.15) is 0 Å². The molecule has 1 saturated heterocycles. The van der Waals surface area contributed by atoms with E-state index in [4.69, 9.17) is 4.74 Å². The first kappa shape index (κ1) is 13.6. The van der Waals surface area contributed by atoms with Crippen LogP contribution in [0.1, 0.15) is 51.8 Å². The Bertz CT molecular complexity index is 369. The molecule has 1 aliphatic heterocycles. The average Bonchev–Trinajstić information content (AvgIpc) is 2.85. The summed E-state index contributed by atoms with van der Waals surface area (Å²) in [6, 6.07) is 2.58. The minimum Gasteiger partial charge on any atom is -0.380 e. The van der Waals surface area contributed by atoms with Crippen molar-refractivity contribution in [1.82, 2.24) is 15.1 Å². The third kappa shape index (κ3) is 3.33. The van der Waals surface area contributed by atoms with Crippen LogP contribution in [0, 0.1) is 0 Å². The van der Waals surface area contributed by atoms with Crippen LogP contribution >= 0.6 is 0 Å². The fourth-order valence-electron chi connectivity index (χ4n) is 2.28. The van der Waals surface area contributed by atoms with E-state index in [1.54, 1.807) is 0 Å². The first-order chi connectivity index (χ1) is 8.63. The van der Waals surface area contributed by atoms with Gasteiger partial charge in [0.15, 0.2) is 0 Å².